The average molecular weight is 475 g/mol. The Labute approximate surface area is 187 Å². The summed E-state index contributed by atoms with van der Waals surface area (Å²) >= 11 is 8.67. The first kappa shape index (κ1) is 20.9. The SMILES string of the molecule is O=C(NS(=O)(=O)c1ccccc1)C(Sc1nc2cc(Cl)ccc2s1)c1ccccc1. The minimum absolute atomic E-state index is 0.0322. The Morgan fingerprint density at radius 1 is 1.00 bits per heavy atom. The van der Waals surface area contributed by atoms with E-state index in [0.717, 1.165) is 10.2 Å². The fraction of sp³-hybridized carbons (Fsp3) is 0.0476. The van der Waals surface area contributed by atoms with Crippen molar-refractivity contribution in [2.75, 3.05) is 0 Å². The van der Waals surface area contributed by atoms with Gasteiger partial charge in [-0.25, -0.2) is 18.1 Å². The lowest BCUT2D eigenvalue weighted by Crippen LogP contribution is -2.33. The van der Waals surface area contributed by atoms with Crippen LogP contribution in [0.15, 0.2) is 88.1 Å². The van der Waals surface area contributed by atoms with Crippen LogP contribution in [0.4, 0.5) is 0 Å². The molecule has 1 atom stereocenters. The second kappa shape index (κ2) is 8.77. The van der Waals surface area contributed by atoms with Gasteiger partial charge in [0, 0.05) is 5.02 Å². The van der Waals surface area contributed by atoms with Crippen LogP contribution in [0.5, 0.6) is 0 Å². The number of nitrogens with zero attached hydrogens (tertiary/aromatic N) is 1. The molecule has 1 amide bonds. The molecule has 0 saturated heterocycles. The fourth-order valence-electron chi connectivity index (χ4n) is 2.78. The number of carbonyl (C=O) groups excluding carboxylic acids is 1. The van der Waals surface area contributed by atoms with Crippen LogP contribution in [0, 0.1) is 0 Å². The fourth-order valence-corrected chi connectivity index (χ4v) is 6.27. The van der Waals surface area contributed by atoms with E-state index >= 15 is 0 Å². The molecular weight excluding hydrogens is 460 g/mol. The number of amides is 1. The standard InChI is InChI=1S/C21H15ClN2O3S3/c22-15-11-12-18-17(13-15)23-21(28-18)29-19(14-7-3-1-4-8-14)20(25)24-30(26,27)16-9-5-2-6-10-16/h1-13,19H,(H,24,25). The molecule has 3 aromatic carbocycles. The number of halogens is 1. The molecule has 5 nitrogen and oxygen atoms in total. The first-order chi connectivity index (χ1) is 14.4. The molecule has 1 heterocycles. The normalized spacial score (nSPS) is 12.6. The summed E-state index contributed by atoms with van der Waals surface area (Å²) in [5.74, 6) is -0.632. The quantitative estimate of drug-likeness (QED) is 0.384. The first-order valence-electron chi connectivity index (χ1n) is 8.82. The zero-order chi connectivity index (χ0) is 21.1. The van der Waals surface area contributed by atoms with Gasteiger partial charge in [-0.2, -0.15) is 0 Å². The van der Waals surface area contributed by atoms with Crippen LogP contribution in [0.2, 0.25) is 5.02 Å². The summed E-state index contributed by atoms with van der Waals surface area (Å²) in [6.45, 7) is 0. The smallest absolute Gasteiger partial charge is 0.264 e. The first-order valence-corrected chi connectivity index (χ1v) is 12.4. The van der Waals surface area contributed by atoms with Crippen LogP contribution in [0.1, 0.15) is 10.8 Å². The Hall–Kier alpha value is -2.39. The molecule has 1 aromatic heterocycles. The maximum Gasteiger partial charge on any atom is 0.264 e. The number of rotatable bonds is 6. The van der Waals surface area contributed by atoms with E-state index in [0.29, 0.717) is 14.9 Å². The van der Waals surface area contributed by atoms with Crippen molar-refractivity contribution in [1.29, 1.82) is 0 Å². The lowest BCUT2D eigenvalue weighted by molar-refractivity contribution is -0.118. The zero-order valence-electron chi connectivity index (χ0n) is 15.4. The largest absolute Gasteiger partial charge is 0.272 e. The van der Waals surface area contributed by atoms with E-state index in [1.165, 1.54) is 35.2 Å². The van der Waals surface area contributed by atoms with Gasteiger partial charge in [0.25, 0.3) is 15.9 Å². The second-order valence-electron chi connectivity index (χ2n) is 6.28. The van der Waals surface area contributed by atoms with Gasteiger partial charge in [0.2, 0.25) is 0 Å². The highest BCUT2D eigenvalue weighted by Crippen LogP contribution is 2.40. The lowest BCUT2D eigenvalue weighted by Gasteiger charge is -2.16. The molecule has 9 heteroatoms. The molecule has 0 aliphatic heterocycles. The molecule has 0 radical (unpaired) electrons. The molecule has 30 heavy (non-hydrogen) atoms. The minimum atomic E-state index is -3.98. The number of carbonyl (C=O) groups is 1. The van der Waals surface area contributed by atoms with Gasteiger partial charge in [0.05, 0.1) is 15.1 Å². The minimum Gasteiger partial charge on any atom is -0.272 e. The highest BCUT2D eigenvalue weighted by Gasteiger charge is 2.28. The monoisotopic (exact) mass is 474 g/mol. The Morgan fingerprint density at radius 3 is 2.37 bits per heavy atom. The number of nitrogens with one attached hydrogen (secondary N) is 1. The number of benzene rings is 3. The van der Waals surface area contributed by atoms with Crippen LogP contribution in [-0.2, 0) is 14.8 Å². The maximum absolute atomic E-state index is 13.1. The van der Waals surface area contributed by atoms with Gasteiger partial charge in [-0.3, -0.25) is 4.79 Å². The summed E-state index contributed by atoms with van der Waals surface area (Å²) in [7, 11) is -3.98. The molecule has 152 valence electrons. The second-order valence-corrected chi connectivity index (χ2v) is 10.8. The van der Waals surface area contributed by atoms with Gasteiger partial charge in [-0.05, 0) is 35.9 Å². The number of hydrogen-bond acceptors (Lipinski definition) is 6. The van der Waals surface area contributed by atoms with Crippen molar-refractivity contribution in [2.24, 2.45) is 0 Å². The molecular formula is C21H15ClN2O3S3. The topological polar surface area (TPSA) is 76.1 Å². The summed E-state index contributed by atoms with van der Waals surface area (Å²) in [6.07, 6.45) is 0. The average Bonchev–Trinajstić information content (AvgIpc) is 3.14. The highest BCUT2D eigenvalue weighted by atomic mass is 35.5. The van der Waals surface area contributed by atoms with E-state index in [1.807, 2.05) is 12.1 Å². The Morgan fingerprint density at radius 2 is 1.67 bits per heavy atom. The van der Waals surface area contributed by atoms with E-state index in [-0.39, 0.29) is 4.90 Å². The number of hydrogen-bond donors (Lipinski definition) is 1. The molecule has 1 unspecified atom stereocenters. The summed E-state index contributed by atoms with van der Waals surface area (Å²) in [6, 6.07) is 22.2. The molecule has 0 fully saturated rings. The van der Waals surface area contributed by atoms with Gasteiger partial charge in [-0.15, -0.1) is 11.3 Å². The van der Waals surface area contributed by atoms with Gasteiger partial charge in [0.1, 0.15) is 5.25 Å². The number of fused-ring (bicyclic) bond motifs is 1. The van der Waals surface area contributed by atoms with Gasteiger partial charge < -0.3 is 0 Å². The summed E-state index contributed by atoms with van der Waals surface area (Å²) in [5, 5.41) is -0.212. The van der Waals surface area contributed by atoms with E-state index in [1.54, 1.807) is 54.6 Å². The van der Waals surface area contributed by atoms with E-state index in [9.17, 15) is 13.2 Å². The van der Waals surface area contributed by atoms with E-state index in [2.05, 4.69) is 9.71 Å². The van der Waals surface area contributed by atoms with Crippen LogP contribution in [-0.4, -0.2) is 19.3 Å². The molecule has 0 aliphatic rings. The van der Waals surface area contributed by atoms with Crippen molar-refractivity contribution in [3.63, 3.8) is 0 Å². The predicted molar refractivity (Wildman–Crippen MR) is 121 cm³/mol. The third-order valence-electron chi connectivity index (χ3n) is 4.18. The van der Waals surface area contributed by atoms with Gasteiger partial charge in [-0.1, -0.05) is 71.9 Å². The van der Waals surface area contributed by atoms with Gasteiger partial charge >= 0.3 is 0 Å². The molecule has 0 spiro atoms. The van der Waals surface area contributed by atoms with Crippen molar-refractivity contribution in [2.45, 2.75) is 14.5 Å². The Bertz CT molecular complexity index is 1290. The van der Waals surface area contributed by atoms with Crippen molar-refractivity contribution in [3.05, 3.63) is 89.4 Å². The van der Waals surface area contributed by atoms with Crippen molar-refractivity contribution in [1.82, 2.24) is 9.71 Å². The Balaban J connectivity index is 1.65. The molecule has 0 aliphatic carbocycles. The predicted octanol–water partition coefficient (Wildman–Crippen LogP) is 5.29. The number of thioether (sulfide) groups is 1. The third-order valence-corrected chi connectivity index (χ3v) is 8.16. The lowest BCUT2D eigenvalue weighted by atomic mass is 10.1. The Kier molecular flexibility index (Phi) is 6.10. The van der Waals surface area contributed by atoms with Crippen molar-refractivity contribution in [3.8, 4) is 0 Å². The van der Waals surface area contributed by atoms with E-state index < -0.39 is 21.2 Å². The van der Waals surface area contributed by atoms with Crippen LogP contribution < -0.4 is 4.72 Å². The summed E-state index contributed by atoms with van der Waals surface area (Å²) < 4.78 is 29.1. The zero-order valence-corrected chi connectivity index (χ0v) is 18.6. The van der Waals surface area contributed by atoms with E-state index in [4.69, 9.17) is 11.6 Å². The van der Waals surface area contributed by atoms with Crippen LogP contribution in [0.3, 0.4) is 0 Å². The summed E-state index contributed by atoms with van der Waals surface area (Å²) in [5.41, 5.74) is 1.42. The van der Waals surface area contributed by atoms with Crippen molar-refractivity contribution < 1.29 is 13.2 Å². The highest BCUT2D eigenvalue weighted by molar-refractivity contribution is 8.02. The molecule has 0 saturated carbocycles. The summed E-state index contributed by atoms with van der Waals surface area (Å²) in [4.78, 5) is 17.6. The number of aromatic nitrogens is 1. The number of sulfonamides is 1. The number of thiazole rings is 1. The van der Waals surface area contributed by atoms with Crippen LogP contribution in [0.25, 0.3) is 10.2 Å². The van der Waals surface area contributed by atoms with Gasteiger partial charge in [0.15, 0.2) is 4.34 Å². The molecule has 4 aromatic rings. The van der Waals surface area contributed by atoms with Crippen LogP contribution >= 0.6 is 34.7 Å². The third kappa shape index (κ3) is 4.67. The molecule has 4 rings (SSSR count). The molecule has 0 bridgehead atoms. The molecule has 1 N–H and O–H groups in total. The van der Waals surface area contributed by atoms with Crippen molar-refractivity contribution >= 4 is 60.8 Å². The maximum atomic E-state index is 13.1.